The van der Waals surface area contributed by atoms with Crippen LogP contribution in [0.3, 0.4) is 0 Å². The number of nitrogens with one attached hydrogen (secondary N) is 1. The second-order valence-corrected chi connectivity index (χ2v) is 7.58. The fourth-order valence-corrected chi connectivity index (χ4v) is 3.53. The monoisotopic (exact) mass is 370 g/mol. The van der Waals surface area contributed by atoms with Crippen molar-refractivity contribution >= 4 is 41.1 Å². The lowest BCUT2D eigenvalue weighted by atomic mass is 9.83. The number of rotatable bonds is 7. The van der Waals surface area contributed by atoms with Crippen LogP contribution in [0.15, 0.2) is 29.6 Å². The van der Waals surface area contributed by atoms with Crippen molar-refractivity contribution in [3.63, 3.8) is 0 Å². The Morgan fingerprint density at radius 3 is 2.88 bits per heavy atom. The summed E-state index contributed by atoms with van der Waals surface area (Å²) in [7, 11) is 0. The summed E-state index contributed by atoms with van der Waals surface area (Å²) in [5, 5.41) is 14.8. The first-order valence-corrected chi connectivity index (χ1v) is 9.65. The van der Waals surface area contributed by atoms with Crippen molar-refractivity contribution in [1.82, 2.24) is 4.98 Å². The highest BCUT2D eigenvalue weighted by atomic mass is 32.1. The van der Waals surface area contributed by atoms with E-state index in [2.05, 4.69) is 15.7 Å². The number of hydrogen-bond acceptors (Lipinski definition) is 4. The number of hydrogen-bond donors (Lipinski definition) is 2. The molecular formula is C20H22N2O3S. The molecule has 1 aliphatic carbocycles. The summed E-state index contributed by atoms with van der Waals surface area (Å²) in [6, 6.07) is 7.46. The maximum atomic E-state index is 11.9. The van der Waals surface area contributed by atoms with Crippen LogP contribution < -0.4 is 5.32 Å². The quantitative estimate of drug-likeness (QED) is 0.745. The van der Waals surface area contributed by atoms with Gasteiger partial charge in [-0.3, -0.25) is 9.59 Å². The Balaban J connectivity index is 1.60. The van der Waals surface area contributed by atoms with Gasteiger partial charge in [-0.25, -0.2) is 4.98 Å². The van der Waals surface area contributed by atoms with Gasteiger partial charge in [0.15, 0.2) is 0 Å². The maximum absolute atomic E-state index is 11.9. The molecule has 1 unspecified atom stereocenters. The summed E-state index contributed by atoms with van der Waals surface area (Å²) in [4.78, 5) is 27.4. The SMILES string of the molecule is CC(CC(=O)Nc1cccc(/C=C/c2nc(C3CCC3)cs2)c1)C(=O)O. The number of carbonyl (C=O) groups is 2. The zero-order chi connectivity index (χ0) is 18.5. The van der Waals surface area contributed by atoms with Gasteiger partial charge in [-0.2, -0.15) is 0 Å². The molecule has 0 aliphatic heterocycles. The molecule has 1 heterocycles. The number of benzene rings is 1. The second-order valence-electron chi connectivity index (χ2n) is 6.69. The van der Waals surface area contributed by atoms with Gasteiger partial charge in [-0.15, -0.1) is 11.3 Å². The number of anilines is 1. The van der Waals surface area contributed by atoms with Crippen LogP contribution in [0.4, 0.5) is 5.69 Å². The standard InChI is InChI=1S/C20H22N2O3S/c1-13(20(24)25)10-18(23)21-16-7-2-4-14(11-16)8-9-19-22-17(12-26-19)15-5-3-6-15/h2,4,7-9,11-13,15H,3,5-6,10H2,1H3,(H,21,23)(H,24,25)/b9-8+. The van der Waals surface area contributed by atoms with Crippen molar-refractivity contribution in [3.05, 3.63) is 45.9 Å². The first kappa shape index (κ1) is 18.3. The lowest BCUT2D eigenvalue weighted by Gasteiger charge is -2.22. The smallest absolute Gasteiger partial charge is 0.306 e. The van der Waals surface area contributed by atoms with Crippen LogP contribution >= 0.6 is 11.3 Å². The number of nitrogens with zero attached hydrogens (tertiary/aromatic N) is 1. The van der Waals surface area contributed by atoms with Gasteiger partial charge in [-0.05, 0) is 36.6 Å². The number of thiazole rings is 1. The number of aliphatic carboxylic acids is 1. The predicted molar refractivity (Wildman–Crippen MR) is 104 cm³/mol. The number of aromatic nitrogens is 1. The highest BCUT2D eigenvalue weighted by Gasteiger charge is 2.21. The number of amides is 1. The van der Waals surface area contributed by atoms with Crippen molar-refractivity contribution in [3.8, 4) is 0 Å². The van der Waals surface area contributed by atoms with Gasteiger partial charge < -0.3 is 10.4 Å². The van der Waals surface area contributed by atoms with Crippen LogP contribution in [0.1, 0.15) is 54.8 Å². The highest BCUT2D eigenvalue weighted by molar-refractivity contribution is 7.10. The molecule has 26 heavy (non-hydrogen) atoms. The maximum Gasteiger partial charge on any atom is 0.306 e. The van der Waals surface area contributed by atoms with Gasteiger partial charge in [-0.1, -0.05) is 31.6 Å². The van der Waals surface area contributed by atoms with Gasteiger partial charge in [0.2, 0.25) is 5.91 Å². The topological polar surface area (TPSA) is 79.3 Å². The average molecular weight is 370 g/mol. The Morgan fingerprint density at radius 2 is 2.19 bits per heavy atom. The summed E-state index contributed by atoms with van der Waals surface area (Å²) in [5.74, 6) is -1.33. The summed E-state index contributed by atoms with van der Waals surface area (Å²) < 4.78 is 0. The van der Waals surface area contributed by atoms with E-state index in [0.717, 1.165) is 10.6 Å². The molecule has 2 aromatic rings. The summed E-state index contributed by atoms with van der Waals surface area (Å²) in [6.07, 6.45) is 7.71. The minimum absolute atomic E-state index is 0.0432. The van der Waals surface area contributed by atoms with Crippen molar-refractivity contribution in [2.24, 2.45) is 5.92 Å². The molecule has 1 fully saturated rings. The van der Waals surface area contributed by atoms with Crippen LogP contribution in [0, 0.1) is 5.92 Å². The molecule has 1 aliphatic rings. The number of carboxylic acid groups (broad SMARTS) is 1. The fraction of sp³-hybridized carbons (Fsp3) is 0.350. The minimum atomic E-state index is -0.971. The molecule has 2 N–H and O–H groups in total. The second kappa shape index (κ2) is 8.27. The van der Waals surface area contributed by atoms with Gasteiger partial charge >= 0.3 is 5.97 Å². The summed E-state index contributed by atoms with van der Waals surface area (Å²) in [6.45, 7) is 1.52. The molecule has 1 amide bonds. The fourth-order valence-electron chi connectivity index (χ4n) is 2.73. The van der Waals surface area contributed by atoms with Crippen molar-refractivity contribution < 1.29 is 14.7 Å². The molecule has 1 aromatic heterocycles. The van der Waals surface area contributed by atoms with Crippen molar-refractivity contribution in [2.75, 3.05) is 5.32 Å². The molecule has 3 rings (SSSR count). The number of carbonyl (C=O) groups excluding carboxylic acids is 1. The Bertz CT molecular complexity index is 824. The van der Waals surface area contributed by atoms with E-state index in [1.165, 1.54) is 31.9 Å². The highest BCUT2D eigenvalue weighted by Crippen LogP contribution is 2.36. The molecule has 0 saturated heterocycles. The number of carboxylic acids is 1. The summed E-state index contributed by atoms with van der Waals surface area (Å²) >= 11 is 1.65. The minimum Gasteiger partial charge on any atom is -0.481 e. The normalized spacial score (nSPS) is 15.6. The van der Waals surface area contributed by atoms with E-state index in [-0.39, 0.29) is 12.3 Å². The molecule has 6 heteroatoms. The van der Waals surface area contributed by atoms with Gasteiger partial charge in [0.05, 0.1) is 11.6 Å². The van der Waals surface area contributed by atoms with Gasteiger partial charge in [0.25, 0.3) is 0 Å². The molecule has 0 spiro atoms. The van der Waals surface area contributed by atoms with E-state index in [1.807, 2.05) is 30.4 Å². The van der Waals surface area contributed by atoms with E-state index in [4.69, 9.17) is 5.11 Å². The van der Waals surface area contributed by atoms with Gasteiger partial charge in [0, 0.05) is 23.4 Å². The third-order valence-corrected chi connectivity index (χ3v) is 5.39. The molecule has 1 atom stereocenters. The molecular weight excluding hydrogens is 348 g/mol. The molecule has 1 aromatic carbocycles. The Morgan fingerprint density at radius 1 is 1.38 bits per heavy atom. The van der Waals surface area contributed by atoms with Crippen LogP contribution in [0.2, 0.25) is 0 Å². The average Bonchev–Trinajstić information content (AvgIpc) is 2.99. The first-order chi connectivity index (χ1) is 12.5. The van der Waals surface area contributed by atoms with E-state index < -0.39 is 11.9 Å². The zero-order valence-electron chi connectivity index (χ0n) is 14.6. The molecule has 136 valence electrons. The Labute approximate surface area is 156 Å². The van der Waals surface area contributed by atoms with Crippen LogP contribution in [0.5, 0.6) is 0 Å². The van der Waals surface area contributed by atoms with Crippen LogP contribution in [-0.4, -0.2) is 22.0 Å². The third-order valence-electron chi connectivity index (χ3n) is 4.57. The van der Waals surface area contributed by atoms with E-state index in [1.54, 1.807) is 17.4 Å². The Hall–Kier alpha value is -2.47. The van der Waals surface area contributed by atoms with E-state index in [9.17, 15) is 9.59 Å². The van der Waals surface area contributed by atoms with E-state index >= 15 is 0 Å². The van der Waals surface area contributed by atoms with Gasteiger partial charge in [0.1, 0.15) is 5.01 Å². The molecule has 5 nitrogen and oxygen atoms in total. The lowest BCUT2D eigenvalue weighted by molar-refractivity contribution is -0.142. The largest absolute Gasteiger partial charge is 0.481 e. The van der Waals surface area contributed by atoms with Crippen LogP contribution in [-0.2, 0) is 9.59 Å². The Kier molecular flexibility index (Phi) is 5.83. The first-order valence-electron chi connectivity index (χ1n) is 8.77. The van der Waals surface area contributed by atoms with Crippen molar-refractivity contribution in [2.45, 2.75) is 38.5 Å². The van der Waals surface area contributed by atoms with E-state index in [0.29, 0.717) is 11.6 Å². The zero-order valence-corrected chi connectivity index (χ0v) is 15.5. The van der Waals surface area contributed by atoms with Crippen molar-refractivity contribution in [1.29, 1.82) is 0 Å². The predicted octanol–water partition coefficient (Wildman–Crippen LogP) is 4.63. The van der Waals surface area contributed by atoms with Crippen LogP contribution in [0.25, 0.3) is 12.2 Å². The lowest BCUT2D eigenvalue weighted by Crippen LogP contribution is -2.19. The third kappa shape index (κ3) is 4.79. The molecule has 0 radical (unpaired) electrons. The molecule has 1 saturated carbocycles. The summed E-state index contributed by atoms with van der Waals surface area (Å²) in [5.41, 5.74) is 2.81. The molecule has 0 bridgehead atoms.